The van der Waals surface area contributed by atoms with Crippen LogP contribution in [0.5, 0.6) is 11.5 Å². The molecule has 4 aromatic rings. The summed E-state index contributed by atoms with van der Waals surface area (Å²) in [5.74, 6) is 0.276. The number of nitrogens with one attached hydrogen (secondary N) is 1. The Bertz CT molecular complexity index is 1410. The van der Waals surface area contributed by atoms with E-state index in [0.717, 1.165) is 11.1 Å². The molecule has 0 bridgehead atoms. The number of amides is 1. The van der Waals surface area contributed by atoms with Gasteiger partial charge in [0.05, 0.1) is 22.8 Å². The third-order valence-corrected chi connectivity index (χ3v) is 5.78. The van der Waals surface area contributed by atoms with Gasteiger partial charge in [0.1, 0.15) is 13.2 Å². The lowest BCUT2D eigenvalue weighted by molar-refractivity contribution is -0.124. The van der Waals surface area contributed by atoms with Crippen LogP contribution in [0.2, 0.25) is 0 Å². The Morgan fingerprint density at radius 2 is 1.83 bits per heavy atom. The van der Waals surface area contributed by atoms with Crippen molar-refractivity contribution < 1.29 is 23.8 Å². The highest BCUT2D eigenvalue weighted by molar-refractivity contribution is 6.04. The largest absolute Gasteiger partial charge is 0.486 e. The van der Waals surface area contributed by atoms with Gasteiger partial charge in [0, 0.05) is 18.2 Å². The maximum absolute atomic E-state index is 13.1. The van der Waals surface area contributed by atoms with Gasteiger partial charge in [0.15, 0.2) is 23.8 Å². The van der Waals surface area contributed by atoms with Gasteiger partial charge in [-0.05, 0) is 43.7 Å². The van der Waals surface area contributed by atoms with Gasteiger partial charge in [-0.25, -0.2) is 14.5 Å². The summed E-state index contributed by atoms with van der Waals surface area (Å²) >= 11 is 0. The number of ether oxygens (including phenoxy) is 3. The highest BCUT2D eigenvalue weighted by atomic mass is 16.6. The smallest absolute Gasteiger partial charge is 0.339 e. The minimum absolute atomic E-state index is 0.0261. The second-order valence-corrected chi connectivity index (χ2v) is 8.67. The first-order valence-corrected chi connectivity index (χ1v) is 11.8. The Labute approximate surface area is 208 Å². The number of aromatic nitrogens is 3. The lowest BCUT2D eigenvalue weighted by Gasteiger charge is -2.19. The SMILES string of the molecule is CC(C)n1ncc2c(C(=O)OCC(=O)NCc3ccccc3)cc(-c3ccc4c(c3)OCCO4)nc21. The molecular formula is C27H26N4O5. The third-order valence-electron chi connectivity index (χ3n) is 5.78. The average molecular weight is 487 g/mol. The zero-order valence-electron chi connectivity index (χ0n) is 20.1. The molecule has 0 radical (unpaired) electrons. The van der Waals surface area contributed by atoms with E-state index in [9.17, 15) is 9.59 Å². The Hall–Kier alpha value is -4.40. The molecule has 0 saturated carbocycles. The van der Waals surface area contributed by atoms with Crippen molar-refractivity contribution in [1.29, 1.82) is 0 Å². The molecule has 0 fully saturated rings. The van der Waals surface area contributed by atoms with Gasteiger partial charge in [0.25, 0.3) is 5.91 Å². The van der Waals surface area contributed by atoms with E-state index in [1.807, 2.05) is 62.4 Å². The molecule has 0 aliphatic carbocycles. The van der Waals surface area contributed by atoms with Gasteiger partial charge in [-0.15, -0.1) is 0 Å². The fourth-order valence-corrected chi connectivity index (χ4v) is 3.97. The summed E-state index contributed by atoms with van der Waals surface area (Å²) in [6, 6.07) is 16.7. The number of esters is 1. The quantitative estimate of drug-likeness (QED) is 0.395. The van der Waals surface area contributed by atoms with Crippen LogP contribution in [0, 0.1) is 0 Å². The molecule has 2 aromatic heterocycles. The summed E-state index contributed by atoms with van der Waals surface area (Å²) in [6.07, 6.45) is 1.60. The predicted octanol–water partition coefficient (Wildman–Crippen LogP) is 3.92. The van der Waals surface area contributed by atoms with Gasteiger partial charge in [0.2, 0.25) is 0 Å². The molecule has 0 atom stereocenters. The Kier molecular flexibility index (Phi) is 6.53. The molecule has 9 heteroatoms. The van der Waals surface area contributed by atoms with Crippen molar-refractivity contribution in [2.45, 2.75) is 26.4 Å². The molecule has 2 aromatic carbocycles. The summed E-state index contributed by atoms with van der Waals surface area (Å²) in [5.41, 5.74) is 3.11. The number of carbonyl (C=O) groups is 2. The van der Waals surface area contributed by atoms with Crippen LogP contribution >= 0.6 is 0 Å². The third kappa shape index (κ3) is 4.86. The lowest BCUT2D eigenvalue weighted by Crippen LogP contribution is -2.28. The lowest BCUT2D eigenvalue weighted by atomic mass is 10.1. The van der Waals surface area contributed by atoms with E-state index in [0.29, 0.717) is 48.0 Å². The Morgan fingerprint density at radius 1 is 1.06 bits per heavy atom. The first kappa shape index (κ1) is 23.3. The summed E-state index contributed by atoms with van der Waals surface area (Å²) in [7, 11) is 0. The van der Waals surface area contributed by atoms with Crippen molar-refractivity contribution in [1.82, 2.24) is 20.1 Å². The van der Waals surface area contributed by atoms with Crippen LogP contribution in [0.15, 0.2) is 60.8 Å². The second kappa shape index (κ2) is 10.1. The van der Waals surface area contributed by atoms with E-state index in [2.05, 4.69) is 10.4 Å². The van der Waals surface area contributed by atoms with E-state index in [1.54, 1.807) is 16.9 Å². The molecule has 1 N–H and O–H groups in total. The van der Waals surface area contributed by atoms with Crippen LogP contribution in [0.3, 0.4) is 0 Å². The zero-order chi connectivity index (χ0) is 25.1. The molecule has 9 nitrogen and oxygen atoms in total. The van der Waals surface area contributed by atoms with Gasteiger partial charge >= 0.3 is 5.97 Å². The maximum Gasteiger partial charge on any atom is 0.339 e. The highest BCUT2D eigenvalue weighted by Gasteiger charge is 2.21. The van der Waals surface area contributed by atoms with Gasteiger partial charge in [-0.1, -0.05) is 30.3 Å². The average Bonchev–Trinajstić information content (AvgIpc) is 3.35. The van der Waals surface area contributed by atoms with Crippen LogP contribution in [-0.4, -0.2) is 46.5 Å². The van der Waals surface area contributed by atoms with Crippen LogP contribution in [0.1, 0.15) is 35.8 Å². The fraction of sp³-hybridized carbons (Fsp3) is 0.259. The number of hydrogen-bond donors (Lipinski definition) is 1. The van der Waals surface area contributed by atoms with Crippen molar-refractivity contribution in [3.05, 3.63) is 71.9 Å². The minimum Gasteiger partial charge on any atom is -0.486 e. The van der Waals surface area contributed by atoms with E-state index in [-0.39, 0.29) is 17.5 Å². The topological polar surface area (TPSA) is 105 Å². The van der Waals surface area contributed by atoms with Crippen LogP contribution in [0.4, 0.5) is 0 Å². The molecule has 0 unspecified atom stereocenters. The highest BCUT2D eigenvalue weighted by Crippen LogP contribution is 2.35. The maximum atomic E-state index is 13.1. The first-order valence-electron chi connectivity index (χ1n) is 11.8. The monoisotopic (exact) mass is 486 g/mol. The van der Waals surface area contributed by atoms with Gasteiger partial charge < -0.3 is 19.5 Å². The van der Waals surface area contributed by atoms with Crippen molar-refractivity contribution in [3.63, 3.8) is 0 Å². The molecule has 36 heavy (non-hydrogen) atoms. The predicted molar refractivity (Wildman–Crippen MR) is 133 cm³/mol. The van der Waals surface area contributed by atoms with E-state index < -0.39 is 12.6 Å². The second-order valence-electron chi connectivity index (χ2n) is 8.67. The van der Waals surface area contributed by atoms with Crippen molar-refractivity contribution in [2.24, 2.45) is 0 Å². The number of fused-ring (bicyclic) bond motifs is 2. The molecule has 1 aliphatic heterocycles. The van der Waals surface area contributed by atoms with E-state index in [4.69, 9.17) is 19.2 Å². The van der Waals surface area contributed by atoms with Crippen LogP contribution < -0.4 is 14.8 Å². The molecular weight excluding hydrogens is 460 g/mol. The summed E-state index contributed by atoms with van der Waals surface area (Å²) in [4.78, 5) is 30.2. The molecule has 184 valence electrons. The molecule has 3 heterocycles. The number of benzene rings is 2. The standard InChI is InChI=1S/C27H26N4O5/c1-17(2)31-26-21(15-29-31)20(27(33)36-16-25(32)28-14-18-6-4-3-5-7-18)13-22(30-26)19-8-9-23-24(12-19)35-11-10-34-23/h3-9,12-13,15,17H,10-11,14,16H2,1-2H3,(H,28,32). The van der Waals surface area contributed by atoms with E-state index >= 15 is 0 Å². The number of pyridine rings is 1. The summed E-state index contributed by atoms with van der Waals surface area (Å²) in [6.45, 7) is 4.89. The number of nitrogens with zero attached hydrogens (tertiary/aromatic N) is 3. The Morgan fingerprint density at radius 3 is 2.61 bits per heavy atom. The first-order chi connectivity index (χ1) is 17.5. The van der Waals surface area contributed by atoms with Crippen molar-refractivity contribution >= 4 is 22.9 Å². The van der Waals surface area contributed by atoms with Crippen molar-refractivity contribution in [3.8, 4) is 22.8 Å². The Balaban J connectivity index is 1.40. The zero-order valence-corrected chi connectivity index (χ0v) is 20.1. The molecule has 5 rings (SSSR count). The normalized spacial score (nSPS) is 12.5. The molecule has 0 spiro atoms. The van der Waals surface area contributed by atoms with Gasteiger partial charge in [-0.2, -0.15) is 5.10 Å². The fourth-order valence-electron chi connectivity index (χ4n) is 3.97. The summed E-state index contributed by atoms with van der Waals surface area (Å²) < 4.78 is 18.5. The molecule has 1 aliphatic rings. The summed E-state index contributed by atoms with van der Waals surface area (Å²) in [5, 5.41) is 7.74. The molecule has 1 amide bonds. The van der Waals surface area contributed by atoms with Gasteiger partial charge in [-0.3, -0.25) is 4.79 Å². The molecule has 0 saturated heterocycles. The minimum atomic E-state index is -0.626. The van der Waals surface area contributed by atoms with Crippen LogP contribution in [-0.2, 0) is 16.1 Å². The number of rotatable bonds is 7. The number of hydrogen-bond acceptors (Lipinski definition) is 7. The van der Waals surface area contributed by atoms with E-state index in [1.165, 1.54) is 0 Å². The number of carbonyl (C=O) groups excluding carboxylic acids is 2. The van der Waals surface area contributed by atoms with Crippen LogP contribution in [0.25, 0.3) is 22.3 Å². The van der Waals surface area contributed by atoms with Crippen molar-refractivity contribution in [2.75, 3.05) is 19.8 Å².